The molecule has 0 saturated carbocycles. The maximum Gasteiger partial charge on any atom is 0.0713 e. The lowest BCUT2D eigenvalue weighted by atomic mass is 9.67. The van der Waals surface area contributed by atoms with Crippen molar-refractivity contribution < 1.29 is 0 Å². The summed E-state index contributed by atoms with van der Waals surface area (Å²) in [6.07, 6.45) is 0. The molecule has 0 atom stereocenters. The van der Waals surface area contributed by atoms with Crippen molar-refractivity contribution in [3.8, 4) is 39.1 Å². The van der Waals surface area contributed by atoms with Crippen LogP contribution in [-0.4, -0.2) is 4.57 Å². The van der Waals surface area contributed by atoms with Crippen LogP contribution in [0.15, 0.2) is 255 Å². The number of anilines is 3. The molecule has 14 rings (SSSR count). The Morgan fingerprint density at radius 2 is 0.843 bits per heavy atom. The number of para-hydroxylation sites is 1. The van der Waals surface area contributed by atoms with E-state index in [1.54, 1.807) is 0 Å². The Hall–Kier alpha value is -8.72. The summed E-state index contributed by atoms with van der Waals surface area (Å²) in [4.78, 5) is 2.46. The van der Waals surface area contributed by atoms with Crippen molar-refractivity contribution in [3.05, 3.63) is 288 Å². The molecule has 0 N–H and O–H groups in total. The largest absolute Gasteiger partial charge is 0.310 e. The number of benzene rings is 11. The summed E-state index contributed by atoms with van der Waals surface area (Å²) in [7, 11) is 0. The van der Waals surface area contributed by atoms with Crippen molar-refractivity contribution in [2.24, 2.45) is 0 Å². The van der Waals surface area contributed by atoms with Gasteiger partial charge < -0.3 is 9.47 Å². The lowest BCUT2D eigenvalue weighted by molar-refractivity contribution is 0.661. The van der Waals surface area contributed by atoms with Crippen LogP contribution in [0.5, 0.6) is 0 Å². The van der Waals surface area contributed by atoms with E-state index in [1.165, 1.54) is 99.3 Å². The number of fused-ring (bicyclic) bond motifs is 10. The normalized spacial score (nSPS) is 13.8. The van der Waals surface area contributed by atoms with E-state index in [2.05, 4.69) is 278 Å². The summed E-state index contributed by atoms with van der Waals surface area (Å²) < 4.78 is 2.45. The Bertz CT molecular complexity index is 3970. The molecule has 0 spiro atoms. The van der Waals surface area contributed by atoms with E-state index >= 15 is 0 Å². The number of hydrogen-bond donors (Lipinski definition) is 0. The van der Waals surface area contributed by atoms with Gasteiger partial charge in [-0.05, 0) is 156 Å². The van der Waals surface area contributed by atoms with E-state index in [1.807, 2.05) is 0 Å². The standard InChI is InChI=1S/C68H48N2/c1-67(2)61-37-35-53(43-58(61)57-40-47-20-12-13-21-48(47)41-64(57)67)69(52-33-30-46(31-34-52)45-18-6-3-7-19-45)54-36-39-66-60(44-54)59-42-50(32-38-65(59)70(66)51-24-10-5-11-25-51)68(49-22-8-4-9-23-49)62-28-16-14-26-55(62)56-27-15-17-29-63(56)68/h3-44H,1-2H3. The van der Waals surface area contributed by atoms with Crippen molar-refractivity contribution in [3.63, 3.8) is 0 Å². The Morgan fingerprint density at radius 3 is 1.54 bits per heavy atom. The van der Waals surface area contributed by atoms with E-state index in [0.29, 0.717) is 0 Å². The second-order valence-corrected chi connectivity index (χ2v) is 19.7. The molecule has 0 radical (unpaired) electrons. The molecular weight excluding hydrogens is 845 g/mol. The van der Waals surface area contributed by atoms with Gasteiger partial charge in [-0.1, -0.05) is 190 Å². The lowest BCUT2D eigenvalue weighted by Crippen LogP contribution is -2.28. The maximum absolute atomic E-state index is 2.50. The smallest absolute Gasteiger partial charge is 0.0713 e. The van der Waals surface area contributed by atoms with Crippen LogP contribution in [0.2, 0.25) is 0 Å². The molecule has 2 nitrogen and oxygen atoms in total. The van der Waals surface area contributed by atoms with Crippen molar-refractivity contribution in [2.75, 3.05) is 4.90 Å². The molecule has 0 fully saturated rings. The third-order valence-electron chi connectivity index (χ3n) is 15.6. The van der Waals surface area contributed by atoms with Crippen molar-refractivity contribution in [2.45, 2.75) is 24.7 Å². The summed E-state index contributed by atoms with van der Waals surface area (Å²) in [6, 6.07) is 94.9. The van der Waals surface area contributed by atoms with Gasteiger partial charge >= 0.3 is 0 Å². The van der Waals surface area contributed by atoms with Crippen molar-refractivity contribution >= 4 is 49.6 Å². The Balaban J connectivity index is 1.02. The fourth-order valence-corrected chi connectivity index (χ4v) is 12.4. The second-order valence-electron chi connectivity index (χ2n) is 19.7. The van der Waals surface area contributed by atoms with Gasteiger partial charge in [0.05, 0.1) is 16.4 Å². The van der Waals surface area contributed by atoms with Gasteiger partial charge in [-0.2, -0.15) is 0 Å². The fourth-order valence-electron chi connectivity index (χ4n) is 12.4. The maximum atomic E-state index is 2.50. The zero-order chi connectivity index (χ0) is 46.6. The molecule has 0 bridgehead atoms. The van der Waals surface area contributed by atoms with Crippen LogP contribution in [0.25, 0.3) is 71.6 Å². The summed E-state index contributed by atoms with van der Waals surface area (Å²) in [6.45, 7) is 4.75. The second kappa shape index (κ2) is 15.4. The van der Waals surface area contributed by atoms with Crippen LogP contribution in [0, 0.1) is 0 Å². The van der Waals surface area contributed by atoms with Gasteiger partial charge in [-0.15, -0.1) is 0 Å². The molecule has 0 aliphatic heterocycles. The molecule has 2 aliphatic carbocycles. The zero-order valence-corrected chi connectivity index (χ0v) is 39.1. The number of hydrogen-bond acceptors (Lipinski definition) is 1. The number of aromatic nitrogens is 1. The third-order valence-corrected chi connectivity index (χ3v) is 15.6. The molecule has 0 unspecified atom stereocenters. The molecule has 2 aliphatic rings. The van der Waals surface area contributed by atoms with Crippen LogP contribution >= 0.6 is 0 Å². The van der Waals surface area contributed by atoms with Gasteiger partial charge in [0.1, 0.15) is 0 Å². The molecule has 70 heavy (non-hydrogen) atoms. The molecule has 0 amide bonds. The Morgan fingerprint density at radius 1 is 0.329 bits per heavy atom. The highest BCUT2D eigenvalue weighted by atomic mass is 15.1. The molecule has 330 valence electrons. The first kappa shape index (κ1) is 40.4. The van der Waals surface area contributed by atoms with Gasteiger partial charge in [0.15, 0.2) is 0 Å². The average Bonchev–Trinajstić information content (AvgIpc) is 3.99. The zero-order valence-electron chi connectivity index (χ0n) is 39.1. The Kier molecular flexibility index (Phi) is 8.88. The molecule has 1 aromatic heterocycles. The van der Waals surface area contributed by atoms with E-state index in [-0.39, 0.29) is 5.41 Å². The fraction of sp³-hybridized carbons (Fsp3) is 0.0588. The quantitative estimate of drug-likeness (QED) is 0.155. The topological polar surface area (TPSA) is 8.17 Å². The van der Waals surface area contributed by atoms with E-state index in [4.69, 9.17) is 0 Å². The van der Waals surface area contributed by atoms with Gasteiger partial charge in [0, 0.05) is 38.9 Å². The predicted octanol–water partition coefficient (Wildman–Crippen LogP) is 17.7. The van der Waals surface area contributed by atoms with Crippen molar-refractivity contribution in [1.29, 1.82) is 0 Å². The SMILES string of the molecule is CC1(C)c2ccc(N(c3ccc(-c4ccccc4)cc3)c3ccc4c(c3)c3cc(C5(c6ccccc6)c6ccccc6-c6ccccc65)ccc3n4-c3ccccc3)cc2-c2cc3ccccc3cc21. The highest BCUT2D eigenvalue weighted by molar-refractivity contribution is 6.11. The van der Waals surface area contributed by atoms with Gasteiger partial charge in [0.25, 0.3) is 0 Å². The summed E-state index contributed by atoms with van der Waals surface area (Å²) in [5.74, 6) is 0. The van der Waals surface area contributed by atoms with Gasteiger partial charge in [0.2, 0.25) is 0 Å². The highest BCUT2D eigenvalue weighted by Crippen LogP contribution is 2.57. The van der Waals surface area contributed by atoms with Crippen LogP contribution in [-0.2, 0) is 10.8 Å². The summed E-state index contributed by atoms with van der Waals surface area (Å²) in [5.41, 5.74) is 21.6. The van der Waals surface area contributed by atoms with Crippen LogP contribution in [0.4, 0.5) is 17.1 Å². The van der Waals surface area contributed by atoms with Crippen LogP contribution < -0.4 is 4.90 Å². The molecule has 12 aromatic rings. The lowest BCUT2D eigenvalue weighted by Gasteiger charge is -2.34. The molecule has 0 saturated heterocycles. The third kappa shape index (κ3) is 5.87. The molecule has 11 aromatic carbocycles. The highest BCUT2D eigenvalue weighted by Gasteiger charge is 2.46. The first-order chi connectivity index (χ1) is 34.5. The molecule has 2 heteroatoms. The van der Waals surface area contributed by atoms with Crippen molar-refractivity contribution in [1.82, 2.24) is 4.57 Å². The minimum atomic E-state index is -0.520. The average molecular weight is 893 g/mol. The van der Waals surface area contributed by atoms with Crippen LogP contribution in [0.1, 0.15) is 47.2 Å². The summed E-state index contributed by atoms with van der Waals surface area (Å²) in [5, 5.41) is 4.96. The first-order valence-electron chi connectivity index (χ1n) is 24.5. The monoisotopic (exact) mass is 892 g/mol. The van der Waals surface area contributed by atoms with Gasteiger partial charge in [-0.3, -0.25) is 0 Å². The first-order valence-corrected chi connectivity index (χ1v) is 24.5. The number of nitrogens with zero attached hydrogens (tertiary/aromatic N) is 2. The van der Waals surface area contributed by atoms with Gasteiger partial charge in [-0.25, -0.2) is 0 Å². The minimum Gasteiger partial charge on any atom is -0.310 e. The van der Waals surface area contributed by atoms with E-state index in [9.17, 15) is 0 Å². The summed E-state index contributed by atoms with van der Waals surface area (Å²) >= 11 is 0. The minimum absolute atomic E-state index is 0.136. The predicted molar refractivity (Wildman–Crippen MR) is 293 cm³/mol. The van der Waals surface area contributed by atoms with E-state index in [0.717, 1.165) is 22.7 Å². The Labute approximate surface area is 409 Å². The van der Waals surface area contributed by atoms with Crippen LogP contribution in [0.3, 0.4) is 0 Å². The number of rotatable bonds is 7. The molecule has 1 heterocycles. The van der Waals surface area contributed by atoms with E-state index < -0.39 is 5.41 Å². The molecular formula is C68H48N2.